The SMILES string of the molecule is O=C(c1cnn(Cc2ccccc2)c1)N1CCC1c1ccc(F)cc1. The molecule has 0 radical (unpaired) electrons. The molecular weight excluding hydrogens is 317 g/mol. The van der Waals surface area contributed by atoms with Gasteiger partial charge in [-0.3, -0.25) is 9.48 Å². The van der Waals surface area contributed by atoms with Crippen LogP contribution in [0.15, 0.2) is 67.0 Å². The first-order chi connectivity index (χ1) is 12.2. The quantitative estimate of drug-likeness (QED) is 0.730. The molecule has 126 valence electrons. The number of carbonyl (C=O) groups is 1. The fourth-order valence-electron chi connectivity index (χ4n) is 3.16. The van der Waals surface area contributed by atoms with Crippen molar-refractivity contribution in [1.29, 1.82) is 0 Å². The van der Waals surface area contributed by atoms with Crippen LogP contribution >= 0.6 is 0 Å². The molecule has 1 aliphatic heterocycles. The number of aromatic nitrogens is 2. The van der Waals surface area contributed by atoms with Crippen LogP contribution < -0.4 is 0 Å². The number of rotatable bonds is 4. The van der Waals surface area contributed by atoms with Crippen molar-refractivity contribution in [3.05, 3.63) is 89.5 Å². The number of amides is 1. The predicted molar refractivity (Wildman–Crippen MR) is 92.6 cm³/mol. The molecule has 0 saturated carbocycles. The van der Waals surface area contributed by atoms with Crippen LogP contribution in [0.1, 0.15) is 33.9 Å². The molecule has 1 unspecified atom stereocenters. The lowest BCUT2D eigenvalue weighted by atomic mass is 9.94. The Morgan fingerprint density at radius 3 is 2.56 bits per heavy atom. The highest BCUT2D eigenvalue weighted by Gasteiger charge is 2.34. The van der Waals surface area contributed by atoms with Crippen LogP contribution in [0.2, 0.25) is 0 Å². The van der Waals surface area contributed by atoms with Gasteiger partial charge in [-0.2, -0.15) is 5.10 Å². The minimum Gasteiger partial charge on any atom is -0.331 e. The standard InChI is InChI=1S/C20H18FN3O/c21-18-8-6-16(7-9-18)19-10-11-24(19)20(25)17-12-22-23(14-17)13-15-4-2-1-3-5-15/h1-9,12,14,19H,10-11,13H2. The molecule has 1 saturated heterocycles. The molecule has 1 aliphatic rings. The summed E-state index contributed by atoms with van der Waals surface area (Å²) in [5.41, 5.74) is 2.69. The van der Waals surface area contributed by atoms with Crippen molar-refractivity contribution in [2.45, 2.75) is 19.0 Å². The van der Waals surface area contributed by atoms with Gasteiger partial charge in [0, 0.05) is 12.7 Å². The number of nitrogens with zero attached hydrogens (tertiary/aromatic N) is 3. The molecule has 0 bridgehead atoms. The van der Waals surface area contributed by atoms with Gasteiger partial charge in [-0.15, -0.1) is 0 Å². The molecule has 1 atom stereocenters. The number of likely N-dealkylation sites (tertiary alicyclic amines) is 1. The van der Waals surface area contributed by atoms with Crippen LogP contribution in [0.25, 0.3) is 0 Å². The van der Waals surface area contributed by atoms with E-state index >= 15 is 0 Å². The number of hydrogen-bond acceptors (Lipinski definition) is 2. The molecule has 1 amide bonds. The second kappa shape index (κ2) is 6.51. The molecule has 2 aromatic carbocycles. The Balaban J connectivity index is 1.47. The minimum absolute atomic E-state index is 0.0190. The van der Waals surface area contributed by atoms with Crippen molar-refractivity contribution in [2.24, 2.45) is 0 Å². The summed E-state index contributed by atoms with van der Waals surface area (Å²) in [5.74, 6) is -0.289. The third-order valence-corrected chi connectivity index (χ3v) is 4.60. The largest absolute Gasteiger partial charge is 0.331 e. The molecule has 3 aromatic rings. The minimum atomic E-state index is -0.261. The smallest absolute Gasteiger partial charge is 0.257 e. The van der Waals surface area contributed by atoms with Crippen LogP contribution in [0.5, 0.6) is 0 Å². The van der Waals surface area contributed by atoms with Gasteiger partial charge < -0.3 is 4.90 Å². The van der Waals surface area contributed by atoms with Crippen LogP contribution in [-0.2, 0) is 6.54 Å². The van der Waals surface area contributed by atoms with E-state index in [1.807, 2.05) is 35.2 Å². The van der Waals surface area contributed by atoms with Gasteiger partial charge in [-0.05, 0) is 29.7 Å². The zero-order chi connectivity index (χ0) is 17.2. The molecule has 1 fully saturated rings. The van der Waals surface area contributed by atoms with Gasteiger partial charge in [0.2, 0.25) is 0 Å². The van der Waals surface area contributed by atoms with E-state index < -0.39 is 0 Å². The predicted octanol–water partition coefficient (Wildman–Crippen LogP) is 3.66. The van der Waals surface area contributed by atoms with Crippen LogP contribution in [0.4, 0.5) is 4.39 Å². The number of halogens is 1. The van der Waals surface area contributed by atoms with Crippen LogP contribution in [0, 0.1) is 5.82 Å². The van der Waals surface area contributed by atoms with E-state index in [-0.39, 0.29) is 17.8 Å². The summed E-state index contributed by atoms with van der Waals surface area (Å²) in [5, 5.41) is 4.30. The van der Waals surface area contributed by atoms with E-state index in [1.165, 1.54) is 12.1 Å². The summed E-state index contributed by atoms with van der Waals surface area (Å²) in [6.07, 6.45) is 4.30. The maximum absolute atomic E-state index is 13.1. The Morgan fingerprint density at radius 1 is 1.12 bits per heavy atom. The normalized spacial score (nSPS) is 16.5. The monoisotopic (exact) mass is 335 g/mol. The number of carbonyl (C=O) groups excluding carboxylic acids is 1. The van der Waals surface area contributed by atoms with Crippen molar-refractivity contribution < 1.29 is 9.18 Å². The Bertz CT molecular complexity index is 873. The second-order valence-corrected chi connectivity index (χ2v) is 6.27. The Hall–Kier alpha value is -2.95. The third-order valence-electron chi connectivity index (χ3n) is 4.60. The lowest BCUT2D eigenvalue weighted by Gasteiger charge is -2.41. The molecule has 4 rings (SSSR count). The van der Waals surface area contributed by atoms with Gasteiger partial charge in [0.15, 0.2) is 0 Å². The second-order valence-electron chi connectivity index (χ2n) is 6.27. The van der Waals surface area contributed by atoms with Crippen molar-refractivity contribution in [2.75, 3.05) is 6.54 Å². The van der Waals surface area contributed by atoms with Crippen LogP contribution in [-0.4, -0.2) is 27.1 Å². The first kappa shape index (κ1) is 15.6. The number of benzene rings is 2. The van der Waals surface area contributed by atoms with Crippen molar-refractivity contribution in [1.82, 2.24) is 14.7 Å². The molecule has 5 heteroatoms. The first-order valence-corrected chi connectivity index (χ1v) is 8.33. The molecule has 0 aliphatic carbocycles. The highest BCUT2D eigenvalue weighted by atomic mass is 19.1. The molecule has 4 nitrogen and oxygen atoms in total. The molecular formula is C20H18FN3O. The fourth-order valence-corrected chi connectivity index (χ4v) is 3.16. The van der Waals surface area contributed by atoms with E-state index in [9.17, 15) is 9.18 Å². The Labute approximate surface area is 145 Å². The van der Waals surface area contributed by atoms with Gasteiger partial charge in [0.05, 0.1) is 24.3 Å². The average Bonchev–Trinajstić information content (AvgIpc) is 3.05. The topological polar surface area (TPSA) is 38.1 Å². The highest BCUT2D eigenvalue weighted by molar-refractivity contribution is 5.94. The van der Waals surface area contributed by atoms with Crippen molar-refractivity contribution in [3.8, 4) is 0 Å². The maximum Gasteiger partial charge on any atom is 0.257 e. The summed E-state index contributed by atoms with van der Waals surface area (Å²) >= 11 is 0. The summed E-state index contributed by atoms with van der Waals surface area (Å²) < 4.78 is 14.9. The van der Waals surface area contributed by atoms with E-state index in [1.54, 1.807) is 29.2 Å². The van der Waals surface area contributed by atoms with Crippen molar-refractivity contribution >= 4 is 5.91 Å². The van der Waals surface area contributed by atoms with Crippen molar-refractivity contribution in [3.63, 3.8) is 0 Å². The summed E-state index contributed by atoms with van der Waals surface area (Å²) in [6.45, 7) is 1.35. The summed E-state index contributed by atoms with van der Waals surface area (Å²) in [7, 11) is 0. The maximum atomic E-state index is 13.1. The van der Waals surface area contributed by atoms with Crippen LogP contribution in [0.3, 0.4) is 0 Å². The van der Waals surface area contributed by atoms with Gasteiger partial charge >= 0.3 is 0 Å². The molecule has 0 N–H and O–H groups in total. The summed E-state index contributed by atoms with van der Waals surface area (Å²) in [6, 6.07) is 16.4. The van der Waals surface area contributed by atoms with Gasteiger partial charge in [0.25, 0.3) is 5.91 Å². The van der Waals surface area contributed by atoms with Gasteiger partial charge in [-0.1, -0.05) is 42.5 Å². The zero-order valence-corrected chi connectivity index (χ0v) is 13.7. The van der Waals surface area contributed by atoms with Gasteiger partial charge in [0.1, 0.15) is 5.82 Å². The number of hydrogen-bond donors (Lipinski definition) is 0. The fraction of sp³-hybridized carbons (Fsp3) is 0.200. The van der Waals surface area contributed by atoms with Gasteiger partial charge in [-0.25, -0.2) is 4.39 Å². The van der Waals surface area contributed by atoms with E-state index in [2.05, 4.69) is 5.10 Å². The molecule has 0 spiro atoms. The first-order valence-electron chi connectivity index (χ1n) is 8.33. The Kier molecular flexibility index (Phi) is 4.06. The highest BCUT2D eigenvalue weighted by Crippen LogP contribution is 2.34. The average molecular weight is 335 g/mol. The van der Waals surface area contributed by atoms with E-state index in [0.29, 0.717) is 18.7 Å². The molecule has 25 heavy (non-hydrogen) atoms. The van der Waals surface area contributed by atoms with E-state index in [4.69, 9.17) is 0 Å². The molecule has 2 heterocycles. The lowest BCUT2D eigenvalue weighted by Crippen LogP contribution is -2.45. The third kappa shape index (κ3) is 3.18. The molecule has 1 aromatic heterocycles. The van der Waals surface area contributed by atoms with E-state index in [0.717, 1.165) is 17.5 Å². The Morgan fingerprint density at radius 2 is 1.88 bits per heavy atom. The summed E-state index contributed by atoms with van der Waals surface area (Å²) in [4.78, 5) is 14.6. The zero-order valence-electron chi connectivity index (χ0n) is 13.7. The lowest BCUT2D eigenvalue weighted by molar-refractivity contribution is 0.0460.